The highest BCUT2D eigenvalue weighted by molar-refractivity contribution is 7.92. The zero-order chi connectivity index (χ0) is 24.5. The van der Waals surface area contributed by atoms with Gasteiger partial charge in [0, 0.05) is 0 Å². The number of fused-ring (bicyclic) bond motifs is 1. The smallest absolute Gasteiger partial charge is 0.261 e. The predicted molar refractivity (Wildman–Crippen MR) is 121 cm³/mol. The number of sulfonamides is 1. The second-order valence-corrected chi connectivity index (χ2v) is 9.16. The van der Waals surface area contributed by atoms with Crippen molar-refractivity contribution in [2.45, 2.75) is 13.3 Å². The van der Waals surface area contributed by atoms with Gasteiger partial charge in [-0.05, 0) is 36.8 Å². The van der Waals surface area contributed by atoms with E-state index in [-0.39, 0.29) is 34.9 Å². The van der Waals surface area contributed by atoms with Gasteiger partial charge in [-0.2, -0.15) is 0 Å². The first kappa shape index (κ1) is 23.2. The van der Waals surface area contributed by atoms with Crippen LogP contribution in [0.5, 0.6) is 0 Å². The van der Waals surface area contributed by atoms with E-state index in [0.717, 1.165) is 12.1 Å². The van der Waals surface area contributed by atoms with Crippen molar-refractivity contribution in [1.82, 2.24) is 15.0 Å². The SMILES string of the molecule is CCCS(=O)(=O)Nc1ccc(F)c(C(=O)Nc2cnc3nc(-c4ccccc4F)[nH]c3c2)c1F. The molecule has 1 amide bonds. The largest absolute Gasteiger partial charge is 0.336 e. The maximum Gasteiger partial charge on any atom is 0.261 e. The van der Waals surface area contributed by atoms with Crippen LogP contribution in [0.3, 0.4) is 0 Å². The van der Waals surface area contributed by atoms with Gasteiger partial charge in [-0.1, -0.05) is 19.1 Å². The van der Waals surface area contributed by atoms with Gasteiger partial charge >= 0.3 is 0 Å². The summed E-state index contributed by atoms with van der Waals surface area (Å²) in [6.07, 6.45) is 1.50. The fourth-order valence-electron chi connectivity index (χ4n) is 3.27. The van der Waals surface area contributed by atoms with Crippen molar-refractivity contribution < 1.29 is 26.4 Å². The van der Waals surface area contributed by atoms with Gasteiger partial charge in [0.1, 0.15) is 23.0 Å². The fourth-order valence-corrected chi connectivity index (χ4v) is 4.40. The van der Waals surface area contributed by atoms with Crippen LogP contribution in [0.15, 0.2) is 48.7 Å². The number of rotatable bonds is 7. The van der Waals surface area contributed by atoms with Gasteiger partial charge in [0.25, 0.3) is 5.91 Å². The third-order valence-electron chi connectivity index (χ3n) is 4.78. The number of aromatic nitrogens is 3. The molecule has 0 aliphatic heterocycles. The molecule has 4 rings (SSSR count). The standard InChI is InChI=1S/C22H18F3N5O3S/c1-2-9-34(32,33)30-16-8-7-15(24)18(19(16)25)22(31)27-12-10-17-21(26-11-12)29-20(28-17)13-5-3-4-6-14(13)23/h3-8,10-11,30H,2,9H2,1H3,(H,27,31)(H,26,28,29). The van der Waals surface area contributed by atoms with E-state index >= 15 is 0 Å². The summed E-state index contributed by atoms with van der Waals surface area (Å²) >= 11 is 0. The minimum absolute atomic E-state index is 0.0806. The van der Waals surface area contributed by atoms with E-state index in [1.807, 2.05) is 4.72 Å². The lowest BCUT2D eigenvalue weighted by Gasteiger charge is -2.12. The Morgan fingerprint density at radius 3 is 2.59 bits per heavy atom. The fraction of sp³-hybridized carbons (Fsp3) is 0.136. The Bertz CT molecular complexity index is 1510. The zero-order valence-electron chi connectivity index (χ0n) is 17.7. The molecule has 3 N–H and O–H groups in total. The Balaban J connectivity index is 1.62. The number of nitrogens with zero attached hydrogens (tertiary/aromatic N) is 2. The van der Waals surface area contributed by atoms with Crippen molar-refractivity contribution in [3.63, 3.8) is 0 Å². The summed E-state index contributed by atoms with van der Waals surface area (Å²) in [6.45, 7) is 1.63. The second kappa shape index (κ2) is 9.14. The Morgan fingerprint density at radius 2 is 1.85 bits per heavy atom. The lowest BCUT2D eigenvalue weighted by Crippen LogP contribution is -2.20. The molecular weight excluding hydrogens is 471 g/mol. The molecule has 34 heavy (non-hydrogen) atoms. The average molecular weight is 489 g/mol. The van der Waals surface area contributed by atoms with Crippen LogP contribution in [0.1, 0.15) is 23.7 Å². The number of amides is 1. The molecule has 0 saturated carbocycles. The van der Waals surface area contributed by atoms with Crippen LogP contribution in [0.4, 0.5) is 24.5 Å². The van der Waals surface area contributed by atoms with Crippen molar-refractivity contribution in [3.8, 4) is 11.4 Å². The first-order chi connectivity index (χ1) is 16.2. The highest BCUT2D eigenvalue weighted by Gasteiger charge is 2.23. The van der Waals surface area contributed by atoms with Gasteiger partial charge in [-0.15, -0.1) is 0 Å². The lowest BCUT2D eigenvalue weighted by molar-refractivity contribution is 0.101. The van der Waals surface area contributed by atoms with Crippen LogP contribution in [0.2, 0.25) is 0 Å². The van der Waals surface area contributed by atoms with E-state index in [0.29, 0.717) is 5.52 Å². The van der Waals surface area contributed by atoms with E-state index in [4.69, 9.17) is 0 Å². The van der Waals surface area contributed by atoms with Gasteiger partial charge in [-0.25, -0.2) is 31.6 Å². The first-order valence-corrected chi connectivity index (χ1v) is 11.7. The maximum atomic E-state index is 14.8. The molecule has 4 aromatic rings. The molecule has 176 valence electrons. The Labute approximate surface area is 192 Å². The first-order valence-electron chi connectivity index (χ1n) is 10.1. The van der Waals surface area contributed by atoms with E-state index in [1.54, 1.807) is 13.0 Å². The van der Waals surface area contributed by atoms with E-state index in [9.17, 15) is 26.4 Å². The van der Waals surface area contributed by atoms with Crippen LogP contribution in [0.25, 0.3) is 22.6 Å². The summed E-state index contributed by atoms with van der Waals surface area (Å²) in [5.74, 6) is -4.22. The number of hydrogen-bond acceptors (Lipinski definition) is 5. The molecular formula is C22H18F3N5O3S. The van der Waals surface area contributed by atoms with Gasteiger partial charge in [-0.3, -0.25) is 9.52 Å². The Morgan fingerprint density at radius 1 is 1.09 bits per heavy atom. The molecule has 2 aromatic heterocycles. The number of benzene rings is 2. The minimum Gasteiger partial charge on any atom is -0.336 e. The lowest BCUT2D eigenvalue weighted by atomic mass is 10.1. The maximum absolute atomic E-state index is 14.8. The number of hydrogen-bond donors (Lipinski definition) is 3. The van der Waals surface area contributed by atoms with Crippen LogP contribution < -0.4 is 10.0 Å². The predicted octanol–water partition coefficient (Wildman–Crippen LogP) is 4.45. The zero-order valence-corrected chi connectivity index (χ0v) is 18.5. The molecule has 0 bridgehead atoms. The third-order valence-corrected chi connectivity index (χ3v) is 6.26. The Kier molecular flexibility index (Phi) is 6.24. The van der Waals surface area contributed by atoms with Crippen LogP contribution in [-0.4, -0.2) is 35.0 Å². The molecule has 0 atom stereocenters. The van der Waals surface area contributed by atoms with Crippen LogP contribution in [0, 0.1) is 17.5 Å². The number of H-pyrrole nitrogens is 1. The molecule has 0 saturated heterocycles. The molecule has 0 spiro atoms. The minimum atomic E-state index is -3.86. The monoisotopic (exact) mass is 489 g/mol. The topological polar surface area (TPSA) is 117 Å². The van der Waals surface area contributed by atoms with E-state index in [1.165, 1.54) is 30.5 Å². The number of carbonyl (C=O) groups excluding carboxylic acids is 1. The number of imidazole rings is 1. The third kappa shape index (κ3) is 4.71. The van der Waals surface area contributed by atoms with Crippen molar-refractivity contribution in [2.75, 3.05) is 15.8 Å². The van der Waals surface area contributed by atoms with Crippen molar-refractivity contribution in [2.24, 2.45) is 0 Å². The van der Waals surface area contributed by atoms with E-state index < -0.39 is 44.6 Å². The molecule has 2 aromatic carbocycles. The van der Waals surface area contributed by atoms with E-state index in [2.05, 4.69) is 20.3 Å². The number of nitrogens with one attached hydrogen (secondary N) is 3. The highest BCUT2D eigenvalue weighted by Crippen LogP contribution is 2.26. The molecule has 0 unspecified atom stereocenters. The van der Waals surface area contributed by atoms with Gasteiger partial charge in [0.05, 0.1) is 34.4 Å². The molecule has 0 aliphatic rings. The summed E-state index contributed by atoms with van der Waals surface area (Å²) < 4.78 is 69.1. The molecule has 8 nitrogen and oxygen atoms in total. The number of aromatic amines is 1. The number of pyridine rings is 1. The molecule has 0 radical (unpaired) electrons. The summed E-state index contributed by atoms with van der Waals surface area (Å²) in [5.41, 5.74) is -0.626. The number of carbonyl (C=O) groups is 1. The van der Waals surface area contributed by atoms with Gasteiger partial charge < -0.3 is 10.3 Å². The molecule has 12 heteroatoms. The number of anilines is 2. The van der Waals surface area contributed by atoms with Gasteiger partial charge in [0.15, 0.2) is 11.5 Å². The normalized spacial score (nSPS) is 11.5. The summed E-state index contributed by atoms with van der Waals surface area (Å²) in [7, 11) is -3.86. The Hall–Kier alpha value is -3.93. The highest BCUT2D eigenvalue weighted by atomic mass is 32.2. The van der Waals surface area contributed by atoms with Gasteiger partial charge in [0.2, 0.25) is 10.0 Å². The molecule has 0 fully saturated rings. The average Bonchev–Trinajstić information content (AvgIpc) is 3.19. The molecule has 0 aliphatic carbocycles. The van der Waals surface area contributed by atoms with Crippen molar-refractivity contribution >= 4 is 38.5 Å². The van der Waals surface area contributed by atoms with Crippen molar-refractivity contribution in [3.05, 3.63) is 71.7 Å². The number of halogens is 3. The summed E-state index contributed by atoms with van der Waals surface area (Å²) in [5, 5.41) is 2.33. The van der Waals surface area contributed by atoms with Crippen LogP contribution in [-0.2, 0) is 10.0 Å². The summed E-state index contributed by atoms with van der Waals surface area (Å²) in [6, 6.07) is 9.10. The van der Waals surface area contributed by atoms with Crippen molar-refractivity contribution in [1.29, 1.82) is 0 Å². The molecule has 2 heterocycles. The second-order valence-electron chi connectivity index (χ2n) is 7.32. The summed E-state index contributed by atoms with van der Waals surface area (Å²) in [4.78, 5) is 23.8. The quantitative estimate of drug-likeness (QED) is 0.355. The van der Waals surface area contributed by atoms with Crippen LogP contribution >= 0.6 is 0 Å².